The van der Waals surface area contributed by atoms with E-state index in [1.165, 1.54) is 6.08 Å². The Morgan fingerprint density at radius 2 is 1.88 bits per heavy atom. The predicted molar refractivity (Wildman–Crippen MR) is 35.7 cm³/mol. The van der Waals surface area contributed by atoms with Gasteiger partial charge in [0.2, 0.25) is 0 Å². The summed E-state index contributed by atoms with van der Waals surface area (Å²) in [6.07, 6.45) is 3.20. The van der Waals surface area contributed by atoms with E-state index in [4.69, 9.17) is 5.11 Å². The summed E-state index contributed by atoms with van der Waals surface area (Å²) in [7, 11) is 0. The molecule has 44 valence electrons. The number of aliphatic hydroxyl groups is 1. The van der Waals surface area contributed by atoms with Crippen LogP contribution in [-0.4, -0.2) is 5.11 Å². The molecule has 1 nitrogen and oxygen atoms in total. The van der Waals surface area contributed by atoms with Crippen molar-refractivity contribution >= 4 is 0 Å². The third-order valence-electron chi connectivity index (χ3n) is 0.560. The Hall–Kier alpha value is -0.980. The van der Waals surface area contributed by atoms with Gasteiger partial charge < -0.3 is 5.11 Å². The largest absolute Gasteiger partial charge is 0.509 e. The first kappa shape index (κ1) is 7.02. The molecule has 0 bridgehead atoms. The van der Waals surface area contributed by atoms with E-state index in [1.807, 2.05) is 6.92 Å². The van der Waals surface area contributed by atoms with Gasteiger partial charge in [0.25, 0.3) is 0 Å². The van der Waals surface area contributed by atoms with E-state index in [0.29, 0.717) is 0 Å². The molecule has 0 aromatic carbocycles. The van der Waals surface area contributed by atoms with Crippen molar-refractivity contribution in [2.75, 3.05) is 0 Å². The van der Waals surface area contributed by atoms with Crippen molar-refractivity contribution in [1.29, 1.82) is 0 Å². The van der Waals surface area contributed by atoms with Crippen molar-refractivity contribution in [3.05, 3.63) is 36.6 Å². The Balaban J connectivity index is 3.67. The Labute approximate surface area is 49.7 Å². The van der Waals surface area contributed by atoms with Crippen LogP contribution in [0.2, 0.25) is 0 Å². The number of rotatable bonds is 2. The second kappa shape index (κ2) is 3.08. The summed E-state index contributed by atoms with van der Waals surface area (Å²) in [4.78, 5) is 0. The minimum absolute atomic E-state index is 0.0630. The molecule has 0 aromatic rings. The van der Waals surface area contributed by atoms with Crippen molar-refractivity contribution in [1.82, 2.24) is 0 Å². The van der Waals surface area contributed by atoms with Crippen molar-refractivity contribution in [2.45, 2.75) is 6.92 Å². The lowest BCUT2D eigenvalue weighted by Gasteiger charge is -1.83. The first-order valence-electron chi connectivity index (χ1n) is 2.34. The summed E-state index contributed by atoms with van der Waals surface area (Å²) >= 11 is 0. The fourth-order valence-electron chi connectivity index (χ4n) is 0.238. The van der Waals surface area contributed by atoms with Gasteiger partial charge in [0, 0.05) is 0 Å². The summed E-state index contributed by atoms with van der Waals surface area (Å²) in [6, 6.07) is 0. The smallest absolute Gasteiger partial charge is 0.108 e. The average molecular weight is 110 g/mol. The van der Waals surface area contributed by atoms with Gasteiger partial charge in [-0.15, -0.1) is 0 Å². The Morgan fingerprint density at radius 1 is 1.38 bits per heavy atom. The molecule has 0 heterocycles. The molecule has 1 heteroatoms. The maximum absolute atomic E-state index is 8.48. The van der Waals surface area contributed by atoms with Crippen LogP contribution in [0, 0.1) is 0 Å². The van der Waals surface area contributed by atoms with Crippen LogP contribution in [0.15, 0.2) is 36.6 Å². The molecule has 0 saturated heterocycles. The highest BCUT2D eigenvalue weighted by Crippen LogP contribution is 1.91. The minimum Gasteiger partial charge on any atom is -0.509 e. The van der Waals surface area contributed by atoms with Crippen LogP contribution >= 0.6 is 0 Å². The Morgan fingerprint density at radius 3 is 2.00 bits per heavy atom. The first-order valence-corrected chi connectivity index (χ1v) is 2.34. The van der Waals surface area contributed by atoms with E-state index in [-0.39, 0.29) is 5.76 Å². The summed E-state index contributed by atoms with van der Waals surface area (Å²) in [6.45, 7) is 8.69. The van der Waals surface area contributed by atoms with Crippen LogP contribution in [0.1, 0.15) is 6.92 Å². The molecule has 8 heavy (non-hydrogen) atoms. The van der Waals surface area contributed by atoms with Gasteiger partial charge in [-0.25, -0.2) is 0 Å². The second-order valence-electron chi connectivity index (χ2n) is 1.67. The molecule has 0 amide bonds. The Bertz CT molecular complexity index is 115. The first-order chi connectivity index (χ1) is 3.63. The third kappa shape index (κ3) is 5.02. The average Bonchev–Trinajstić information content (AvgIpc) is 1.61. The lowest BCUT2D eigenvalue weighted by molar-refractivity contribution is 0.435. The molecule has 1 N–H and O–H groups in total. The summed E-state index contributed by atoms with van der Waals surface area (Å²) in [5.41, 5.74) is 0.903. The van der Waals surface area contributed by atoms with Gasteiger partial charge >= 0.3 is 0 Å². The number of allylic oxidation sites excluding steroid dienone is 3. The predicted octanol–water partition coefficient (Wildman–Crippen LogP) is 2.19. The van der Waals surface area contributed by atoms with Crippen LogP contribution in [0.5, 0.6) is 0 Å². The van der Waals surface area contributed by atoms with Crippen LogP contribution in [-0.2, 0) is 0 Å². The molecule has 0 aliphatic carbocycles. The zero-order chi connectivity index (χ0) is 6.57. The molecule has 0 aliphatic heterocycles. The number of hydrogen-bond acceptors (Lipinski definition) is 1. The lowest BCUT2D eigenvalue weighted by Crippen LogP contribution is -1.67. The summed E-state index contributed by atoms with van der Waals surface area (Å²) in [5, 5.41) is 8.48. The van der Waals surface area contributed by atoms with E-state index >= 15 is 0 Å². The molecule has 0 fully saturated rings. The highest BCUT2D eigenvalue weighted by molar-refractivity contribution is 5.18. The van der Waals surface area contributed by atoms with Gasteiger partial charge in [0.15, 0.2) is 0 Å². The monoisotopic (exact) mass is 110 g/mol. The molecule has 0 rings (SSSR count). The van der Waals surface area contributed by atoms with E-state index in [0.717, 1.165) is 5.57 Å². The topological polar surface area (TPSA) is 20.2 Å². The van der Waals surface area contributed by atoms with E-state index in [2.05, 4.69) is 13.2 Å². The van der Waals surface area contributed by atoms with E-state index in [9.17, 15) is 0 Å². The van der Waals surface area contributed by atoms with Crippen molar-refractivity contribution < 1.29 is 5.11 Å². The van der Waals surface area contributed by atoms with Gasteiger partial charge in [-0.05, 0) is 13.0 Å². The van der Waals surface area contributed by atoms with Crippen molar-refractivity contribution in [2.24, 2.45) is 0 Å². The number of hydrogen-bond donors (Lipinski definition) is 1. The maximum Gasteiger partial charge on any atom is 0.108 e. The standard InChI is InChI=1S/C7H10O/c1-6(2)4-5-7(3)8/h4-5,8H,1,3H2,2H3/b5-4-. The van der Waals surface area contributed by atoms with Gasteiger partial charge in [-0.2, -0.15) is 0 Å². The van der Waals surface area contributed by atoms with Crippen molar-refractivity contribution in [3.8, 4) is 0 Å². The molecule has 0 radical (unpaired) electrons. The quantitative estimate of drug-likeness (QED) is 0.426. The normalized spacial score (nSPS) is 9.62. The molecule has 0 saturated carbocycles. The van der Waals surface area contributed by atoms with Gasteiger partial charge in [0.05, 0.1) is 0 Å². The summed E-state index contributed by atoms with van der Waals surface area (Å²) in [5.74, 6) is 0.0630. The molecule has 0 aromatic heterocycles. The maximum atomic E-state index is 8.48. The molecule has 0 aliphatic rings. The van der Waals surface area contributed by atoms with Crippen LogP contribution < -0.4 is 0 Å². The SMILES string of the molecule is C=C(C)/C=C\C(=C)O. The van der Waals surface area contributed by atoms with Crippen LogP contribution in [0.3, 0.4) is 0 Å². The molecule has 0 atom stereocenters. The van der Waals surface area contributed by atoms with Gasteiger partial charge in [-0.1, -0.05) is 24.8 Å². The van der Waals surface area contributed by atoms with Crippen LogP contribution in [0.25, 0.3) is 0 Å². The number of aliphatic hydroxyl groups excluding tert-OH is 1. The zero-order valence-electron chi connectivity index (χ0n) is 5.02. The van der Waals surface area contributed by atoms with Gasteiger partial charge in [0.1, 0.15) is 5.76 Å². The van der Waals surface area contributed by atoms with Crippen molar-refractivity contribution in [3.63, 3.8) is 0 Å². The highest BCUT2D eigenvalue weighted by atomic mass is 16.3. The van der Waals surface area contributed by atoms with Gasteiger partial charge in [-0.3, -0.25) is 0 Å². The van der Waals surface area contributed by atoms with E-state index in [1.54, 1.807) is 6.08 Å². The second-order valence-corrected chi connectivity index (χ2v) is 1.67. The fourth-order valence-corrected chi connectivity index (χ4v) is 0.238. The zero-order valence-corrected chi connectivity index (χ0v) is 5.02. The van der Waals surface area contributed by atoms with E-state index < -0.39 is 0 Å². The fraction of sp³-hybridized carbons (Fsp3) is 0.143. The lowest BCUT2D eigenvalue weighted by atomic mass is 10.3. The minimum atomic E-state index is 0.0630. The molecular formula is C7H10O. The third-order valence-corrected chi connectivity index (χ3v) is 0.560. The molecule has 0 unspecified atom stereocenters. The molecule has 0 spiro atoms. The van der Waals surface area contributed by atoms with Crippen LogP contribution in [0.4, 0.5) is 0 Å². The highest BCUT2D eigenvalue weighted by Gasteiger charge is 1.74. The molecular weight excluding hydrogens is 100 g/mol. The Kier molecular flexibility index (Phi) is 2.70. The summed E-state index contributed by atoms with van der Waals surface area (Å²) < 4.78 is 0.